The maximum absolute atomic E-state index is 11.2. The fraction of sp³-hybridized carbons (Fsp3) is 0.0769. The molecule has 1 aromatic heterocycles. The van der Waals surface area contributed by atoms with E-state index in [1.54, 1.807) is 6.20 Å². The predicted molar refractivity (Wildman–Crippen MR) is 65.7 cm³/mol. The van der Waals surface area contributed by atoms with Gasteiger partial charge in [0.15, 0.2) is 0 Å². The number of hydrazine groups is 1. The molecule has 1 heterocycles. The van der Waals surface area contributed by atoms with Gasteiger partial charge in [-0.3, -0.25) is 15.2 Å². The van der Waals surface area contributed by atoms with E-state index in [0.717, 1.165) is 16.8 Å². The lowest BCUT2D eigenvalue weighted by Gasteiger charge is -2.04. The van der Waals surface area contributed by atoms with Crippen molar-refractivity contribution in [3.05, 3.63) is 54.2 Å². The summed E-state index contributed by atoms with van der Waals surface area (Å²) in [5.41, 5.74) is 4.89. The van der Waals surface area contributed by atoms with Crippen LogP contribution < -0.4 is 11.3 Å². The molecule has 0 saturated heterocycles. The molecule has 1 amide bonds. The molecule has 0 aliphatic carbocycles. The molecule has 0 saturated carbocycles. The number of nitrogens with zero attached hydrogens (tertiary/aromatic N) is 1. The third-order valence-electron chi connectivity index (χ3n) is 2.42. The van der Waals surface area contributed by atoms with E-state index in [1.807, 2.05) is 42.5 Å². The maximum atomic E-state index is 11.2. The molecule has 0 atom stereocenters. The number of benzene rings is 1. The van der Waals surface area contributed by atoms with E-state index in [-0.39, 0.29) is 12.3 Å². The Balaban J connectivity index is 2.26. The number of hydrogen-bond donors (Lipinski definition) is 2. The molecule has 17 heavy (non-hydrogen) atoms. The van der Waals surface area contributed by atoms with E-state index in [2.05, 4.69) is 10.4 Å². The largest absolute Gasteiger partial charge is 0.294 e. The molecule has 86 valence electrons. The summed E-state index contributed by atoms with van der Waals surface area (Å²) in [5.74, 6) is 4.84. The summed E-state index contributed by atoms with van der Waals surface area (Å²) in [7, 11) is 0. The number of amides is 1. The number of hydrogen-bond acceptors (Lipinski definition) is 3. The van der Waals surface area contributed by atoms with Crippen LogP contribution in [0.5, 0.6) is 0 Å². The van der Waals surface area contributed by atoms with E-state index in [1.165, 1.54) is 0 Å². The number of carbonyl (C=O) groups excluding carboxylic acids is 1. The number of pyridine rings is 1. The van der Waals surface area contributed by atoms with Crippen molar-refractivity contribution < 1.29 is 4.79 Å². The van der Waals surface area contributed by atoms with Crippen LogP contribution in [0.3, 0.4) is 0 Å². The second-order valence-electron chi connectivity index (χ2n) is 3.66. The Morgan fingerprint density at radius 2 is 2.00 bits per heavy atom. The zero-order valence-electron chi connectivity index (χ0n) is 9.26. The number of nitrogens with two attached hydrogens (primary N) is 1. The number of nitrogens with one attached hydrogen (secondary N) is 1. The summed E-state index contributed by atoms with van der Waals surface area (Å²) in [6.07, 6.45) is 1.96. The highest BCUT2D eigenvalue weighted by molar-refractivity contribution is 5.78. The Morgan fingerprint density at radius 3 is 2.71 bits per heavy atom. The lowest BCUT2D eigenvalue weighted by molar-refractivity contribution is -0.120. The first-order chi connectivity index (χ1) is 8.29. The molecule has 1 aromatic carbocycles. The SMILES string of the molecule is NNC(=O)Cc1ccnc(-c2ccccc2)c1. The molecule has 0 spiro atoms. The van der Waals surface area contributed by atoms with Gasteiger partial charge in [0.05, 0.1) is 12.1 Å². The topological polar surface area (TPSA) is 68.0 Å². The minimum Gasteiger partial charge on any atom is -0.294 e. The van der Waals surface area contributed by atoms with E-state index in [4.69, 9.17) is 5.84 Å². The Morgan fingerprint density at radius 1 is 1.24 bits per heavy atom. The standard InChI is InChI=1S/C13H13N3O/c14-16-13(17)9-10-6-7-15-12(8-10)11-4-2-1-3-5-11/h1-8H,9,14H2,(H,16,17). The highest BCUT2D eigenvalue weighted by atomic mass is 16.2. The van der Waals surface area contributed by atoms with Gasteiger partial charge in [0, 0.05) is 11.8 Å². The summed E-state index contributed by atoms with van der Waals surface area (Å²) in [6.45, 7) is 0. The van der Waals surface area contributed by atoms with E-state index < -0.39 is 0 Å². The van der Waals surface area contributed by atoms with Crippen LogP contribution in [0.1, 0.15) is 5.56 Å². The van der Waals surface area contributed by atoms with Crippen LogP contribution in [0.25, 0.3) is 11.3 Å². The molecule has 0 aliphatic heterocycles. The van der Waals surface area contributed by atoms with Crippen molar-refractivity contribution in [2.24, 2.45) is 5.84 Å². The van der Waals surface area contributed by atoms with Crippen molar-refractivity contribution in [2.45, 2.75) is 6.42 Å². The second-order valence-corrected chi connectivity index (χ2v) is 3.66. The smallest absolute Gasteiger partial charge is 0.238 e. The lowest BCUT2D eigenvalue weighted by Crippen LogP contribution is -2.31. The third kappa shape index (κ3) is 2.89. The molecule has 4 nitrogen and oxygen atoms in total. The molecule has 0 unspecified atom stereocenters. The van der Waals surface area contributed by atoms with Crippen LogP contribution in [0.15, 0.2) is 48.7 Å². The van der Waals surface area contributed by atoms with E-state index in [9.17, 15) is 4.79 Å². The molecule has 2 rings (SSSR count). The van der Waals surface area contributed by atoms with Gasteiger partial charge in [-0.15, -0.1) is 0 Å². The molecule has 0 radical (unpaired) electrons. The van der Waals surface area contributed by atoms with Crippen molar-refractivity contribution in [3.8, 4) is 11.3 Å². The van der Waals surface area contributed by atoms with Gasteiger partial charge in [-0.25, -0.2) is 5.84 Å². The lowest BCUT2D eigenvalue weighted by atomic mass is 10.1. The summed E-state index contributed by atoms with van der Waals surface area (Å²) >= 11 is 0. The van der Waals surface area contributed by atoms with E-state index >= 15 is 0 Å². The Kier molecular flexibility index (Phi) is 3.47. The molecular weight excluding hydrogens is 214 g/mol. The summed E-state index contributed by atoms with van der Waals surface area (Å²) in [4.78, 5) is 15.5. The number of carbonyl (C=O) groups is 1. The molecule has 3 N–H and O–H groups in total. The minimum atomic E-state index is -0.213. The number of rotatable bonds is 3. The van der Waals surface area contributed by atoms with E-state index in [0.29, 0.717) is 0 Å². The fourth-order valence-corrected chi connectivity index (χ4v) is 1.59. The summed E-state index contributed by atoms with van der Waals surface area (Å²) in [5, 5.41) is 0. The van der Waals surface area contributed by atoms with Crippen LogP contribution in [-0.4, -0.2) is 10.9 Å². The predicted octanol–water partition coefficient (Wildman–Crippen LogP) is 1.28. The van der Waals surface area contributed by atoms with Gasteiger partial charge in [0.1, 0.15) is 0 Å². The first kappa shape index (κ1) is 11.3. The quantitative estimate of drug-likeness (QED) is 0.471. The normalized spacial score (nSPS) is 9.94. The van der Waals surface area contributed by atoms with Crippen molar-refractivity contribution >= 4 is 5.91 Å². The van der Waals surface area contributed by atoms with Gasteiger partial charge in [0.25, 0.3) is 0 Å². The van der Waals surface area contributed by atoms with Gasteiger partial charge in [-0.2, -0.15) is 0 Å². The first-order valence-electron chi connectivity index (χ1n) is 5.29. The highest BCUT2D eigenvalue weighted by Gasteiger charge is 2.04. The maximum Gasteiger partial charge on any atom is 0.238 e. The molecule has 0 fully saturated rings. The van der Waals surface area contributed by atoms with Crippen LogP contribution in [0.4, 0.5) is 0 Å². The Bertz CT molecular complexity index is 511. The van der Waals surface area contributed by atoms with Gasteiger partial charge >= 0.3 is 0 Å². The summed E-state index contributed by atoms with van der Waals surface area (Å²) in [6, 6.07) is 13.5. The van der Waals surface area contributed by atoms with Crippen LogP contribution >= 0.6 is 0 Å². The molecule has 0 bridgehead atoms. The van der Waals surface area contributed by atoms with Crippen LogP contribution in [0.2, 0.25) is 0 Å². The Labute approximate surface area is 99.5 Å². The van der Waals surface area contributed by atoms with Gasteiger partial charge in [-0.05, 0) is 17.7 Å². The Hall–Kier alpha value is -2.20. The molecular formula is C13H13N3O. The molecule has 2 aromatic rings. The first-order valence-corrected chi connectivity index (χ1v) is 5.29. The monoisotopic (exact) mass is 227 g/mol. The van der Waals surface area contributed by atoms with Crippen molar-refractivity contribution in [1.82, 2.24) is 10.4 Å². The second kappa shape index (κ2) is 5.23. The zero-order chi connectivity index (χ0) is 12.1. The van der Waals surface area contributed by atoms with Crippen LogP contribution in [0, 0.1) is 0 Å². The average Bonchev–Trinajstić information content (AvgIpc) is 2.40. The van der Waals surface area contributed by atoms with Crippen LogP contribution in [-0.2, 0) is 11.2 Å². The molecule has 0 aliphatic rings. The van der Waals surface area contributed by atoms with Gasteiger partial charge in [0.2, 0.25) is 5.91 Å². The average molecular weight is 227 g/mol. The zero-order valence-corrected chi connectivity index (χ0v) is 9.26. The minimum absolute atomic E-state index is 0.213. The number of aromatic nitrogens is 1. The third-order valence-corrected chi connectivity index (χ3v) is 2.42. The van der Waals surface area contributed by atoms with Gasteiger partial charge < -0.3 is 0 Å². The fourth-order valence-electron chi connectivity index (χ4n) is 1.59. The molecule has 4 heteroatoms. The van der Waals surface area contributed by atoms with Gasteiger partial charge in [-0.1, -0.05) is 30.3 Å². The highest BCUT2D eigenvalue weighted by Crippen LogP contribution is 2.17. The van der Waals surface area contributed by atoms with Crippen molar-refractivity contribution in [3.63, 3.8) is 0 Å². The van der Waals surface area contributed by atoms with Crippen molar-refractivity contribution in [2.75, 3.05) is 0 Å². The van der Waals surface area contributed by atoms with Crippen molar-refractivity contribution in [1.29, 1.82) is 0 Å². The summed E-state index contributed by atoms with van der Waals surface area (Å²) < 4.78 is 0.